The molecular weight excluding hydrogens is 409 g/mol. The van der Waals surface area contributed by atoms with Gasteiger partial charge in [0.05, 0.1) is 24.3 Å². The summed E-state index contributed by atoms with van der Waals surface area (Å²) in [6, 6.07) is 2.36. The molecule has 10 heteroatoms. The molecule has 3 rings (SSSR count). The number of primary amides is 1. The lowest BCUT2D eigenvalue weighted by Gasteiger charge is -2.19. The van der Waals surface area contributed by atoms with Crippen LogP contribution < -0.4 is 20.5 Å². The maximum absolute atomic E-state index is 14.0. The molecule has 31 heavy (non-hydrogen) atoms. The fourth-order valence-corrected chi connectivity index (χ4v) is 3.53. The molecule has 1 aromatic heterocycles. The molecule has 1 saturated heterocycles. The molecule has 0 spiro atoms. The minimum Gasteiger partial charge on any atom is -0.496 e. The van der Waals surface area contributed by atoms with E-state index >= 15 is 0 Å². The lowest BCUT2D eigenvalue weighted by atomic mass is 9.97. The predicted octanol–water partition coefficient (Wildman–Crippen LogP) is 1.02. The van der Waals surface area contributed by atoms with Crippen LogP contribution >= 0.6 is 0 Å². The number of fused-ring (bicyclic) bond motifs is 1. The Hall–Kier alpha value is -3.87. The molecule has 3 atom stereocenters. The number of nitrogens with one attached hydrogen (secondary N) is 1. The van der Waals surface area contributed by atoms with Crippen LogP contribution in [-0.4, -0.2) is 53.8 Å². The zero-order valence-electron chi connectivity index (χ0n) is 16.8. The maximum Gasteiger partial charge on any atom is 0.382 e. The molecule has 0 bridgehead atoms. The molecule has 2 aromatic rings. The topological polar surface area (TPSA) is 141 Å². The second-order valence-electron chi connectivity index (χ2n) is 6.89. The average molecular weight is 429 g/mol. The van der Waals surface area contributed by atoms with E-state index in [-0.39, 0.29) is 29.4 Å². The number of carboxylic acids is 1. The number of carbonyl (C=O) groups is 3. The first kappa shape index (κ1) is 21.8. The molecule has 0 saturated carbocycles. The van der Waals surface area contributed by atoms with Gasteiger partial charge in [0.1, 0.15) is 12.4 Å². The summed E-state index contributed by atoms with van der Waals surface area (Å²) in [5, 5.41) is 12.2. The number of nitrogens with two attached hydrogens (primary N) is 1. The summed E-state index contributed by atoms with van der Waals surface area (Å²) in [6.07, 6.45) is 0.143. The maximum atomic E-state index is 14.0. The molecule has 1 fully saturated rings. The van der Waals surface area contributed by atoms with Gasteiger partial charge in [-0.15, -0.1) is 0 Å². The van der Waals surface area contributed by atoms with E-state index in [1.807, 2.05) is 5.92 Å². The Morgan fingerprint density at radius 3 is 2.71 bits per heavy atom. The van der Waals surface area contributed by atoms with Crippen molar-refractivity contribution in [1.29, 1.82) is 0 Å². The van der Waals surface area contributed by atoms with Crippen LogP contribution in [0.5, 0.6) is 11.6 Å². The molecule has 0 radical (unpaired) electrons. The number of amides is 2. The Balaban J connectivity index is 2.05. The third kappa shape index (κ3) is 4.35. The zero-order chi connectivity index (χ0) is 22.7. The van der Waals surface area contributed by atoms with E-state index in [4.69, 9.17) is 20.3 Å². The van der Waals surface area contributed by atoms with Crippen LogP contribution in [0.15, 0.2) is 18.3 Å². The second-order valence-corrected chi connectivity index (χ2v) is 6.89. The number of benzene rings is 1. The van der Waals surface area contributed by atoms with Crippen molar-refractivity contribution in [2.75, 3.05) is 13.7 Å². The highest BCUT2D eigenvalue weighted by molar-refractivity contribution is 6.03. The number of hydrogen-bond acceptors (Lipinski definition) is 6. The Morgan fingerprint density at radius 1 is 1.35 bits per heavy atom. The summed E-state index contributed by atoms with van der Waals surface area (Å²) in [7, 11) is 1.36. The number of aliphatic carboxylic acids is 1. The molecular formula is C21H20FN3O6. The van der Waals surface area contributed by atoms with Gasteiger partial charge in [-0.05, 0) is 18.6 Å². The highest BCUT2D eigenvalue weighted by atomic mass is 19.1. The number of rotatable bonds is 6. The number of pyridine rings is 1. The minimum atomic E-state index is -1.60. The highest BCUT2D eigenvalue weighted by Gasteiger charge is 2.41. The number of nitrogens with zero attached hydrogens (tertiary/aromatic N) is 1. The van der Waals surface area contributed by atoms with Crippen LogP contribution in [0.3, 0.4) is 0 Å². The normalized spacial score (nSPS) is 20.0. The summed E-state index contributed by atoms with van der Waals surface area (Å²) in [5.41, 5.74) is 5.72. The number of aromatic nitrogens is 1. The standard InChI is InChI=1S/C21H20FN3O6/c1-3-11-15(25-20(29)18(11)22)9-31-21-13-7-16(30-2)14(19(23)28)6-12(13)10(8-24-21)4-5-17(26)27/h6-8,11,15,18H,3,9H2,1-2H3,(H2,23,28)(H,25,29)(H,26,27)/t11-,15+,18-/m0/s1. The molecule has 2 amide bonds. The number of alkyl halides is 1. The van der Waals surface area contributed by atoms with Crippen LogP contribution in [0.25, 0.3) is 10.8 Å². The Kier molecular flexibility index (Phi) is 6.25. The van der Waals surface area contributed by atoms with Crippen LogP contribution in [0.1, 0.15) is 29.3 Å². The van der Waals surface area contributed by atoms with E-state index in [0.29, 0.717) is 17.2 Å². The molecule has 9 nitrogen and oxygen atoms in total. The largest absolute Gasteiger partial charge is 0.496 e. The van der Waals surface area contributed by atoms with Gasteiger partial charge in [-0.2, -0.15) is 0 Å². The van der Waals surface area contributed by atoms with Gasteiger partial charge in [-0.25, -0.2) is 14.2 Å². The molecule has 1 aromatic carbocycles. The number of carbonyl (C=O) groups excluding carboxylic acids is 2. The van der Waals surface area contributed by atoms with Gasteiger partial charge < -0.3 is 25.6 Å². The lowest BCUT2D eigenvalue weighted by molar-refractivity contribution is -0.130. The van der Waals surface area contributed by atoms with Crippen molar-refractivity contribution in [3.63, 3.8) is 0 Å². The van der Waals surface area contributed by atoms with E-state index in [1.54, 1.807) is 6.92 Å². The summed E-state index contributed by atoms with van der Waals surface area (Å²) in [6.45, 7) is 1.75. The average Bonchev–Trinajstić information content (AvgIpc) is 3.02. The summed E-state index contributed by atoms with van der Waals surface area (Å²) < 4.78 is 25.0. The zero-order valence-corrected chi connectivity index (χ0v) is 16.8. The van der Waals surface area contributed by atoms with E-state index in [0.717, 1.165) is 0 Å². The summed E-state index contributed by atoms with van der Waals surface area (Å²) in [5.74, 6) is 1.48. The third-order valence-electron chi connectivity index (χ3n) is 5.08. The van der Waals surface area contributed by atoms with Gasteiger partial charge >= 0.3 is 5.97 Å². The molecule has 1 aliphatic heterocycles. The quantitative estimate of drug-likeness (QED) is 0.582. The van der Waals surface area contributed by atoms with Crippen LogP contribution in [-0.2, 0) is 9.59 Å². The first-order valence-electron chi connectivity index (χ1n) is 9.39. The fourth-order valence-electron chi connectivity index (χ4n) is 3.53. The SMILES string of the molecule is CC[C@@H]1[C@H](F)C(=O)N[C@@H]1COc1ncc(C#CC(=O)O)c2cc(C(N)=O)c(OC)cc12. The second kappa shape index (κ2) is 8.87. The van der Waals surface area contributed by atoms with Crippen LogP contribution in [0, 0.1) is 17.8 Å². The van der Waals surface area contributed by atoms with Gasteiger partial charge in [0.15, 0.2) is 6.17 Å². The van der Waals surface area contributed by atoms with Crippen LogP contribution in [0.4, 0.5) is 4.39 Å². The van der Waals surface area contributed by atoms with Gasteiger partial charge in [0.2, 0.25) is 5.88 Å². The van der Waals surface area contributed by atoms with Gasteiger partial charge in [-0.3, -0.25) is 9.59 Å². The predicted molar refractivity (Wildman–Crippen MR) is 107 cm³/mol. The Morgan fingerprint density at radius 2 is 2.10 bits per heavy atom. The number of halogens is 1. The van der Waals surface area contributed by atoms with Crippen molar-refractivity contribution in [2.45, 2.75) is 25.6 Å². The number of methoxy groups -OCH3 is 1. The number of hydrogen-bond donors (Lipinski definition) is 3. The van der Waals surface area contributed by atoms with Crippen molar-refractivity contribution in [3.8, 4) is 23.5 Å². The smallest absolute Gasteiger partial charge is 0.382 e. The van der Waals surface area contributed by atoms with E-state index < -0.39 is 35.9 Å². The van der Waals surface area contributed by atoms with Gasteiger partial charge in [0, 0.05) is 28.8 Å². The third-order valence-corrected chi connectivity index (χ3v) is 5.08. The lowest BCUT2D eigenvalue weighted by Crippen LogP contribution is -2.34. The molecule has 0 aliphatic carbocycles. The van der Waals surface area contributed by atoms with E-state index in [9.17, 15) is 18.8 Å². The molecule has 162 valence electrons. The van der Waals surface area contributed by atoms with E-state index in [1.165, 1.54) is 25.4 Å². The number of carboxylic acid groups (broad SMARTS) is 1. The first-order valence-corrected chi connectivity index (χ1v) is 9.39. The van der Waals surface area contributed by atoms with Crippen molar-refractivity contribution in [1.82, 2.24) is 10.3 Å². The monoisotopic (exact) mass is 429 g/mol. The highest BCUT2D eigenvalue weighted by Crippen LogP contribution is 2.33. The van der Waals surface area contributed by atoms with Crippen molar-refractivity contribution in [3.05, 3.63) is 29.5 Å². The van der Waals surface area contributed by atoms with E-state index in [2.05, 4.69) is 16.2 Å². The molecule has 4 N–H and O–H groups in total. The Bertz CT molecular complexity index is 1120. The minimum absolute atomic E-state index is 0.0349. The van der Waals surface area contributed by atoms with Crippen LogP contribution in [0.2, 0.25) is 0 Å². The van der Waals surface area contributed by atoms with Crippen molar-refractivity contribution < 1.29 is 33.4 Å². The fraction of sp³-hybridized carbons (Fsp3) is 0.333. The molecule has 0 unspecified atom stereocenters. The van der Waals surface area contributed by atoms with Gasteiger partial charge in [0.25, 0.3) is 11.8 Å². The van der Waals surface area contributed by atoms with Crippen molar-refractivity contribution in [2.24, 2.45) is 11.7 Å². The Labute approximate surface area is 176 Å². The number of ether oxygens (including phenoxy) is 2. The molecule has 2 heterocycles. The summed E-state index contributed by atoms with van der Waals surface area (Å²) >= 11 is 0. The van der Waals surface area contributed by atoms with Gasteiger partial charge in [-0.1, -0.05) is 12.8 Å². The first-order chi connectivity index (χ1) is 14.8. The van der Waals surface area contributed by atoms with Crippen molar-refractivity contribution >= 4 is 28.6 Å². The molecule has 1 aliphatic rings. The summed E-state index contributed by atoms with van der Waals surface area (Å²) in [4.78, 5) is 38.5.